The molecule has 1 saturated heterocycles. The van der Waals surface area contributed by atoms with Gasteiger partial charge in [0.2, 0.25) is 5.95 Å². The van der Waals surface area contributed by atoms with Gasteiger partial charge in [-0.3, -0.25) is 0 Å². The summed E-state index contributed by atoms with van der Waals surface area (Å²) in [6, 6.07) is 10.4. The molecule has 1 aliphatic heterocycles. The van der Waals surface area contributed by atoms with Gasteiger partial charge in [-0.2, -0.15) is 4.98 Å². The van der Waals surface area contributed by atoms with Crippen LogP contribution in [-0.2, 0) is 5.41 Å². The molecule has 0 saturated carbocycles. The van der Waals surface area contributed by atoms with Gasteiger partial charge < -0.3 is 10.2 Å². The predicted molar refractivity (Wildman–Crippen MR) is 101 cm³/mol. The minimum atomic E-state index is 0.0875. The van der Waals surface area contributed by atoms with Crippen LogP contribution in [0, 0.1) is 0 Å². The summed E-state index contributed by atoms with van der Waals surface area (Å²) in [5, 5.41) is 3.50. The minimum Gasteiger partial charge on any atom is -0.341 e. The van der Waals surface area contributed by atoms with Gasteiger partial charge >= 0.3 is 0 Å². The van der Waals surface area contributed by atoms with Crippen molar-refractivity contribution >= 4 is 17.5 Å². The molecule has 1 N–H and O–H groups in total. The van der Waals surface area contributed by atoms with E-state index in [1.807, 2.05) is 12.3 Å². The average molecular weight is 324 g/mol. The Morgan fingerprint density at radius 1 is 0.958 bits per heavy atom. The normalized spacial score (nSPS) is 15.9. The standard InChI is InChI=1S/C20H28N4/c1-20(2,3)16-10-6-7-11-17(16)22-18-12-13-21-19(23-18)24-14-8-4-5-9-15-24/h6-7,10-13H,4-5,8-9,14-15H2,1-3H3,(H,21,22,23). The van der Waals surface area contributed by atoms with Crippen molar-refractivity contribution in [2.75, 3.05) is 23.3 Å². The van der Waals surface area contributed by atoms with E-state index >= 15 is 0 Å². The van der Waals surface area contributed by atoms with Crippen LogP contribution in [0.25, 0.3) is 0 Å². The van der Waals surface area contributed by atoms with Crippen LogP contribution in [0.1, 0.15) is 52.0 Å². The highest BCUT2D eigenvalue weighted by Gasteiger charge is 2.18. The highest BCUT2D eigenvalue weighted by atomic mass is 15.3. The molecule has 2 aromatic rings. The second kappa shape index (κ2) is 7.20. The van der Waals surface area contributed by atoms with Crippen molar-refractivity contribution in [3.8, 4) is 0 Å². The van der Waals surface area contributed by atoms with E-state index in [2.05, 4.69) is 60.2 Å². The van der Waals surface area contributed by atoms with Crippen molar-refractivity contribution in [2.24, 2.45) is 0 Å². The summed E-state index contributed by atoms with van der Waals surface area (Å²) in [6.45, 7) is 8.81. The smallest absolute Gasteiger partial charge is 0.227 e. The van der Waals surface area contributed by atoms with E-state index in [1.54, 1.807) is 0 Å². The fourth-order valence-corrected chi connectivity index (χ4v) is 3.23. The minimum absolute atomic E-state index is 0.0875. The molecule has 1 aromatic heterocycles. The van der Waals surface area contributed by atoms with Gasteiger partial charge in [0.25, 0.3) is 0 Å². The van der Waals surface area contributed by atoms with Gasteiger partial charge in [0.15, 0.2) is 0 Å². The largest absolute Gasteiger partial charge is 0.341 e. The molecular weight excluding hydrogens is 296 g/mol. The molecule has 3 rings (SSSR count). The Morgan fingerprint density at radius 3 is 2.38 bits per heavy atom. The van der Waals surface area contributed by atoms with Crippen molar-refractivity contribution < 1.29 is 0 Å². The Balaban J connectivity index is 1.83. The van der Waals surface area contributed by atoms with E-state index in [-0.39, 0.29) is 5.41 Å². The summed E-state index contributed by atoms with van der Waals surface area (Å²) in [7, 11) is 0. The van der Waals surface area contributed by atoms with E-state index in [1.165, 1.54) is 31.2 Å². The lowest BCUT2D eigenvalue weighted by atomic mass is 9.86. The van der Waals surface area contributed by atoms with Crippen LogP contribution >= 0.6 is 0 Å². The zero-order valence-electron chi connectivity index (χ0n) is 15.0. The molecule has 0 radical (unpaired) electrons. The molecular formula is C20H28N4. The third-order valence-corrected chi connectivity index (χ3v) is 4.53. The number of hydrogen-bond acceptors (Lipinski definition) is 4. The third kappa shape index (κ3) is 4.05. The van der Waals surface area contributed by atoms with Crippen LogP contribution in [0.15, 0.2) is 36.5 Å². The fourth-order valence-electron chi connectivity index (χ4n) is 3.23. The highest BCUT2D eigenvalue weighted by molar-refractivity contribution is 5.62. The topological polar surface area (TPSA) is 41.1 Å². The third-order valence-electron chi connectivity index (χ3n) is 4.53. The number of nitrogens with one attached hydrogen (secondary N) is 1. The average Bonchev–Trinajstić information content (AvgIpc) is 2.84. The van der Waals surface area contributed by atoms with Crippen molar-refractivity contribution in [1.82, 2.24) is 9.97 Å². The molecule has 4 nitrogen and oxygen atoms in total. The van der Waals surface area contributed by atoms with Gasteiger partial charge in [-0.05, 0) is 36.0 Å². The summed E-state index contributed by atoms with van der Waals surface area (Å²) in [4.78, 5) is 11.6. The molecule has 1 fully saturated rings. The monoisotopic (exact) mass is 324 g/mol. The molecule has 4 heteroatoms. The molecule has 2 heterocycles. The zero-order valence-corrected chi connectivity index (χ0v) is 15.0. The first kappa shape index (κ1) is 16.7. The Morgan fingerprint density at radius 2 is 1.67 bits per heavy atom. The van der Waals surface area contributed by atoms with Gasteiger partial charge in [-0.1, -0.05) is 51.8 Å². The van der Waals surface area contributed by atoms with E-state index in [4.69, 9.17) is 4.98 Å². The Bertz CT molecular complexity index is 667. The molecule has 0 atom stereocenters. The fraction of sp³-hybridized carbons (Fsp3) is 0.500. The first-order chi connectivity index (χ1) is 11.5. The van der Waals surface area contributed by atoms with Gasteiger partial charge in [0, 0.05) is 25.0 Å². The van der Waals surface area contributed by atoms with E-state index in [9.17, 15) is 0 Å². The molecule has 128 valence electrons. The lowest BCUT2D eigenvalue weighted by molar-refractivity contribution is 0.592. The molecule has 24 heavy (non-hydrogen) atoms. The van der Waals surface area contributed by atoms with Gasteiger partial charge in [0.05, 0.1) is 0 Å². The predicted octanol–water partition coefficient (Wildman–Crippen LogP) is 4.90. The molecule has 1 aromatic carbocycles. The first-order valence-corrected chi connectivity index (χ1v) is 8.98. The maximum atomic E-state index is 4.76. The van der Waals surface area contributed by atoms with E-state index < -0.39 is 0 Å². The maximum absolute atomic E-state index is 4.76. The summed E-state index contributed by atoms with van der Waals surface area (Å²) in [5.74, 6) is 1.70. The zero-order chi connectivity index (χ0) is 17.0. The Hall–Kier alpha value is -2.10. The summed E-state index contributed by atoms with van der Waals surface area (Å²) < 4.78 is 0. The molecule has 0 bridgehead atoms. The Labute approximate surface area is 145 Å². The number of para-hydroxylation sites is 1. The SMILES string of the molecule is CC(C)(C)c1ccccc1Nc1ccnc(N2CCCCCC2)n1. The summed E-state index contributed by atoms with van der Waals surface area (Å²) in [5.41, 5.74) is 2.50. The van der Waals surface area contributed by atoms with Gasteiger partial charge in [-0.15, -0.1) is 0 Å². The van der Waals surface area contributed by atoms with E-state index in [0.717, 1.165) is 30.5 Å². The lowest BCUT2D eigenvalue weighted by Crippen LogP contribution is -2.26. The van der Waals surface area contributed by atoms with Crippen LogP contribution in [0.3, 0.4) is 0 Å². The van der Waals surface area contributed by atoms with Crippen molar-refractivity contribution in [3.05, 3.63) is 42.1 Å². The number of hydrogen-bond donors (Lipinski definition) is 1. The number of nitrogens with zero attached hydrogens (tertiary/aromatic N) is 3. The van der Waals surface area contributed by atoms with Crippen molar-refractivity contribution in [3.63, 3.8) is 0 Å². The van der Waals surface area contributed by atoms with Crippen LogP contribution in [0.4, 0.5) is 17.5 Å². The second-order valence-corrected chi connectivity index (χ2v) is 7.56. The van der Waals surface area contributed by atoms with Crippen molar-refractivity contribution in [2.45, 2.75) is 51.9 Å². The van der Waals surface area contributed by atoms with Crippen LogP contribution < -0.4 is 10.2 Å². The van der Waals surface area contributed by atoms with Crippen LogP contribution in [-0.4, -0.2) is 23.1 Å². The molecule has 1 aliphatic rings. The quantitative estimate of drug-likeness (QED) is 0.872. The molecule has 0 amide bonds. The number of benzene rings is 1. The molecule has 0 unspecified atom stereocenters. The van der Waals surface area contributed by atoms with Crippen molar-refractivity contribution in [1.29, 1.82) is 0 Å². The number of anilines is 3. The van der Waals surface area contributed by atoms with Gasteiger partial charge in [-0.25, -0.2) is 4.98 Å². The van der Waals surface area contributed by atoms with E-state index in [0.29, 0.717) is 0 Å². The molecule has 0 aliphatic carbocycles. The molecule has 0 spiro atoms. The first-order valence-electron chi connectivity index (χ1n) is 8.98. The second-order valence-electron chi connectivity index (χ2n) is 7.56. The lowest BCUT2D eigenvalue weighted by Gasteiger charge is -2.24. The van der Waals surface area contributed by atoms with Gasteiger partial charge in [0.1, 0.15) is 5.82 Å². The maximum Gasteiger partial charge on any atom is 0.227 e. The van der Waals surface area contributed by atoms with Crippen LogP contribution in [0.2, 0.25) is 0 Å². The number of aromatic nitrogens is 2. The number of rotatable bonds is 3. The highest BCUT2D eigenvalue weighted by Crippen LogP contribution is 2.31. The summed E-state index contributed by atoms with van der Waals surface area (Å²) >= 11 is 0. The summed E-state index contributed by atoms with van der Waals surface area (Å²) in [6.07, 6.45) is 6.94. The Kier molecular flexibility index (Phi) is 5.03. The van der Waals surface area contributed by atoms with Crippen LogP contribution in [0.5, 0.6) is 0 Å².